The van der Waals surface area contributed by atoms with Crippen LogP contribution in [0.2, 0.25) is 0 Å². The van der Waals surface area contributed by atoms with E-state index in [9.17, 15) is 10.1 Å². The Morgan fingerprint density at radius 1 is 0.962 bits per heavy atom. The lowest BCUT2D eigenvalue weighted by molar-refractivity contribution is -0.384. The van der Waals surface area contributed by atoms with Crippen LogP contribution in [0.3, 0.4) is 0 Å². The molecular weight excluding hydrogens is 350 g/mol. The van der Waals surface area contributed by atoms with Crippen LogP contribution in [0.5, 0.6) is 0 Å². The van der Waals surface area contributed by atoms with E-state index in [2.05, 4.69) is 20.3 Å². The van der Waals surface area contributed by atoms with Crippen molar-refractivity contribution in [3.8, 4) is 0 Å². The van der Waals surface area contributed by atoms with Gasteiger partial charge in [0, 0.05) is 33.8 Å². The average Bonchev–Trinajstić information content (AvgIpc) is 3.14. The lowest BCUT2D eigenvalue weighted by Gasteiger charge is -2.07. The Kier molecular flexibility index (Phi) is 4.24. The van der Waals surface area contributed by atoms with E-state index in [1.165, 1.54) is 18.5 Å². The molecular formula is C18H13N5O2S. The van der Waals surface area contributed by atoms with Crippen LogP contribution < -0.4 is 5.32 Å². The molecule has 26 heavy (non-hydrogen) atoms. The molecule has 0 amide bonds. The molecule has 2 heterocycles. The molecule has 0 bridgehead atoms. The van der Waals surface area contributed by atoms with E-state index in [1.54, 1.807) is 23.9 Å². The molecule has 0 atom stereocenters. The summed E-state index contributed by atoms with van der Waals surface area (Å²) in [6.45, 7) is 0. The summed E-state index contributed by atoms with van der Waals surface area (Å²) in [4.78, 5) is 23.8. The molecule has 2 aromatic carbocycles. The van der Waals surface area contributed by atoms with Gasteiger partial charge in [-0.3, -0.25) is 10.1 Å². The number of aromatic nitrogens is 3. The third-order valence-corrected chi connectivity index (χ3v) is 4.77. The SMILES string of the molecule is O=[N+]([O-])c1ccc(Sc2ccc(Nc3ncnc4[nH]ccc34)cc2)cc1. The molecule has 2 N–H and O–H groups in total. The van der Waals surface area contributed by atoms with E-state index in [1.807, 2.05) is 36.5 Å². The second kappa shape index (κ2) is 6.85. The van der Waals surface area contributed by atoms with Crippen molar-refractivity contribution in [2.75, 3.05) is 5.32 Å². The highest BCUT2D eigenvalue weighted by molar-refractivity contribution is 7.99. The predicted octanol–water partition coefficient (Wildman–Crippen LogP) is 4.76. The summed E-state index contributed by atoms with van der Waals surface area (Å²) in [7, 11) is 0. The van der Waals surface area contributed by atoms with Crippen LogP contribution in [0.25, 0.3) is 11.0 Å². The first-order chi connectivity index (χ1) is 12.7. The molecule has 128 valence electrons. The molecule has 8 heteroatoms. The first kappa shape index (κ1) is 16.1. The quantitative estimate of drug-likeness (QED) is 0.392. The molecule has 0 saturated carbocycles. The van der Waals surface area contributed by atoms with Gasteiger partial charge in [0.2, 0.25) is 0 Å². The monoisotopic (exact) mass is 363 g/mol. The molecule has 0 spiro atoms. The number of H-pyrrole nitrogens is 1. The molecule has 0 aliphatic rings. The van der Waals surface area contributed by atoms with Crippen LogP contribution in [0.15, 0.2) is 76.9 Å². The first-order valence-electron chi connectivity index (χ1n) is 7.76. The zero-order chi connectivity index (χ0) is 17.9. The molecule has 4 aromatic rings. The second-order valence-corrected chi connectivity index (χ2v) is 6.61. The number of anilines is 2. The van der Waals surface area contributed by atoms with Crippen molar-refractivity contribution in [1.29, 1.82) is 0 Å². The van der Waals surface area contributed by atoms with Crippen molar-refractivity contribution in [3.05, 3.63) is 77.2 Å². The summed E-state index contributed by atoms with van der Waals surface area (Å²) >= 11 is 1.55. The smallest absolute Gasteiger partial charge is 0.269 e. The Balaban J connectivity index is 1.48. The molecule has 0 aliphatic heterocycles. The van der Waals surface area contributed by atoms with E-state index >= 15 is 0 Å². The van der Waals surface area contributed by atoms with Crippen molar-refractivity contribution < 1.29 is 4.92 Å². The molecule has 2 aromatic heterocycles. The van der Waals surface area contributed by atoms with Crippen molar-refractivity contribution in [1.82, 2.24) is 15.0 Å². The maximum absolute atomic E-state index is 10.7. The van der Waals surface area contributed by atoms with Crippen LogP contribution in [-0.4, -0.2) is 19.9 Å². The summed E-state index contributed by atoms with van der Waals surface area (Å²) in [5.41, 5.74) is 1.79. The van der Waals surface area contributed by atoms with E-state index < -0.39 is 4.92 Å². The van der Waals surface area contributed by atoms with Gasteiger partial charge in [0.1, 0.15) is 17.8 Å². The Bertz CT molecular complexity index is 1060. The van der Waals surface area contributed by atoms with Gasteiger partial charge in [0.15, 0.2) is 0 Å². The molecule has 0 saturated heterocycles. The Morgan fingerprint density at radius 2 is 1.65 bits per heavy atom. The number of nitrogens with one attached hydrogen (secondary N) is 2. The summed E-state index contributed by atoms with van der Waals surface area (Å²) in [5, 5.41) is 14.9. The highest BCUT2D eigenvalue weighted by atomic mass is 32.2. The number of nitro benzene ring substituents is 1. The van der Waals surface area contributed by atoms with Gasteiger partial charge in [-0.25, -0.2) is 9.97 Å². The van der Waals surface area contributed by atoms with Crippen molar-refractivity contribution in [2.45, 2.75) is 9.79 Å². The number of non-ortho nitro benzene ring substituents is 1. The van der Waals surface area contributed by atoms with Gasteiger partial charge in [-0.2, -0.15) is 0 Å². The van der Waals surface area contributed by atoms with Gasteiger partial charge in [-0.15, -0.1) is 0 Å². The minimum absolute atomic E-state index is 0.0924. The van der Waals surface area contributed by atoms with Crippen LogP contribution in [0.1, 0.15) is 0 Å². The number of hydrogen-bond donors (Lipinski definition) is 2. The minimum Gasteiger partial charge on any atom is -0.346 e. The number of benzene rings is 2. The second-order valence-electron chi connectivity index (χ2n) is 5.46. The fraction of sp³-hybridized carbons (Fsp3) is 0. The van der Waals surface area contributed by atoms with Crippen LogP contribution in [0, 0.1) is 10.1 Å². The number of nitro groups is 1. The number of fused-ring (bicyclic) bond motifs is 1. The standard InChI is InChI=1S/C18H13N5O2S/c24-23(25)13-3-7-15(8-4-13)26-14-5-1-12(2-6-14)22-18-16-9-10-19-17(16)20-11-21-18/h1-11H,(H2,19,20,21,22). The third kappa shape index (κ3) is 3.35. The molecule has 4 rings (SSSR count). The Hall–Kier alpha value is -3.39. The molecule has 0 fully saturated rings. The van der Waals surface area contributed by atoms with Crippen molar-refractivity contribution >= 4 is 40.0 Å². The Morgan fingerprint density at radius 3 is 2.35 bits per heavy atom. The topological polar surface area (TPSA) is 96.7 Å². The van der Waals surface area contributed by atoms with E-state index in [-0.39, 0.29) is 5.69 Å². The lowest BCUT2D eigenvalue weighted by Crippen LogP contribution is -1.94. The van der Waals surface area contributed by atoms with Crippen LogP contribution in [-0.2, 0) is 0 Å². The maximum atomic E-state index is 10.7. The summed E-state index contributed by atoms with van der Waals surface area (Å²) in [6, 6.07) is 16.4. The van der Waals surface area contributed by atoms with Crippen molar-refractivity contribution in [3.63, 3.8) is 0 Å². The van der Waals surface area contributed by atoms with Gasteiger partial charge < -0.3 is 10.3 Å². The van der Waals surface area contributed by atoms with Gasteiger partial charge in [-0.05, 0) is 42.5 Å². The van der Waals surface area contributed by atoms with E-state index in [0.717, 1.165) is 32.3 Å². The zero-order valence-corrected chi connectivity index (χ0v) is 14.2. The molecule has 0 aliphatic carbocycles. The number of hydrogen-bond acceptors (Lipinski definition) is 6. The molecule has 7 nitrogen and oxygen atoms in total. The number of nitrogens with zero attached hydrogens (tertiary/aromatic N) is 3. The maximum Gasteiger partial charge on any atom is 0.269 e. The van der Waals surface area contributed by atoms with Crippen LogP contribution >= 0.6 is 11.8 Å². The highest BCUT2D eigenvalue weighted by Crippen LogP contribution is 2.30. The molecule has 0 unspecified atom stereocenters. The van der Waals surface area contributed by atoms with Gasteiger partial charge in [0.05, 0.1) is 10.3 Å². The highest BCUT2D eigenvalue weighted by Gasteiger charge is 2.06. The van der Waals surface area contributed by atoms with E-state index in [4.69, 9.17) is 0 Å². The molecule has 0 radical (unpaired) electrons. The first-order valence-corrected chi connectivity index (χ1v) is 8.58. The zero-order valence-electron chi connectivity index (χ0n) is 13.4. The fourth-order valence-corrected chi connectivity index (χ4v) is 3.30. The van der Waals surface area contributed by atoms with Gasteiger partial charge in [-0.1, -0.05) is 11.8 Å². The largest absolute Gasteiger partial charge is 0.346 e. The third-order valence-electron chi connectivity index (χ3n) is 3.75. The van der Waals surface area contributed by atoms with E-state index in [0.29, 0.717) is 0 Å². The van der Waals surface area contributed by atoms with Gasteiger partial charge >= 0.3 is 0 Å². The minimum atomic E-state index is -0.399. The predicted molar refractivity (Wildman–Crippen MR) is 101 cm³/mol. The fourth-order valence-electron chi connectivity index (χ4n) is 2.49. The Labute approximate surface area is 152 Å². The number of aromatic amines is 1. The summed E-state index contributed by atoms with van der Waals surface area (Å²) < 4.78 is 0. The number of rotatable bonds is 5. The van der Waals surface area contributed by atoms with Gasteiger partial charge in [0.25, 0.3) is 5.69 Å². The lowest BCUT2D eigenvalue weighted by atomic mass is 10.3. The summed E-state index contributed by atoms with van der Waals surface area (Å²) in [6.07, 6.45) is 3.34. The van der Waals surface area contributed by atoms with Crippen molar-refractivity contribution in [2.24, 2.45) is 0 Å². The average molecular weight is 363 g/mol. The van der Waals surface area contributed by atoms with Crippen LogP contribution in [0.4, 0.5) is 17.2 Å². The summed E-state index contributed by atoms with van der Waals surface area (Å²) in [5.74, 6) is 0.743. The normalized spacial score (nSPS) is 10.8.